The highest BCUT2D eigenvalue weighted by molar-refractivity contribution is 5.96. The molecule has 0 bridgehead atoms. The average Bonchev–Trinajstić information content (AvgIpc) is 3.35. The van der Waals surface area contributed by atoms with E-state index in [-0.39, 0.29) is 17.9 Å². The number of hydrogen-bond donors (Lipinski definition) is 2. The van der Waals surface area contributed by atoms with Gasteiger partial charge in [0.15, 0.2) is 0 Å². The number of carbonyl (C=O) groups excluding carboxylic acids is 2. The smallest absolute Gasteiger partial charge is 0.324 e. The molecule has 0 saturated heterocycles. The number of nitrogens with one attached hydrogen (secondary N) is 2. The van der Waals surface area contributed by atoms with Crippen molar-refractivity contribution >= 4 is 28.9 Å². The summed E-state index contributed by atoms with van der Waals surface area (Å²) in [4.78, 5) is 32.3. The first-order valence-electron chi connectivity index (χ1n) is 10.8. The molecule has 0 radical (unpaired) electrons. The summed E-state index contributed by atoms with van der Waals surface area (Å²) in [6.07, 6.45) is 0.779. The first-order chi connectivity index (χ1) is 15.0. The monoisotopic (exact) mass is 419 g/mol. The van der Waals surface area contributed by atoms with Gasteiger partial charge in [-0.05, 0) is 30.5 Å². The van der Waals surface area contributed by atoms with E-state index >= 15 is 0 Å². The molecule has 2 heterocycles. The quantitative estimate of drug-likeness (QED) is 0.641. The van der Waals surface area contributed by atoms with Crippen molar-refractivity contribution in [3.05, 3.63) is 59.7 Å². The molecule has 2 atom stereocenters. The second-order valence-electron chi connectivity index (χ2n) is 8.22. The molecule has 1 aliphatic rings. The Morgan fingerprint density at radius 3 is 2.58 bits per heavy atom. The van der Waals surface area contributed by atoms with Crippen molar-refractivity contribution in [2.45, 2.75) is 46.3 Å². The maximum atomic E-state index is 13.1. The lowest BCUT2D eigenvalue weighted by Gasteiger charge is -2.26. The van der Waals surface area contributed by atoms with Crippen LogP contribution in [0.15, 0.2) is 48.5 Å². The maximum absolute atomic E-state index is 13.1. The van der Waals surface area contributed by atoms with Gasteiger partial charge in [0, 0.05) is 19.6 Å². The van der Waals surface area contributed by atoms with Crippen LogP contribution < -0.4 is 15.5 Å². The fourth-order valence-corrected chi connectivity index (χ4v) is 3.90. The molecule has 7 nitrogen and oxygen atoms in total. The number of fused-ring (bicyclic) bond motifs is 3. The molecule has 0 fully saturated rings. The maximum Gasteiger partial charge on any atom is 0.324 e. The summed E-state index contributed by atoms with van der Waals surface area (Å²) in [5, 5.41) is 5.94. The Balaban J connectivity index is 1.46. The van der Waals surface area contributed by atoms with Gasteiger partial charge in [-0.25, -0.2) is 9.78 Å². The molecule has 0 spiro atoms. The van der Waals surface area contributed by atoms with E-state index in [1.165, 1.54) is 5.56 Å². The van der Waals surface area contributed by atoms with E-state index in [1.54, 1.807) is 4.90 Å². The van der Waals surface area contributed by atoms with Crippen LogP contribution in [0.4, 0.5) is 10.7 Å². The third-order valence-corrected chi connectivity index (χ3v) is 6.03. The number of anilines is 1. The predicted octanol–water partition coefficient (Wildman–Crippen LogP) is 3.61. The first-order valence-corrected chi connectivity index (χ1v) is 10.8. The van der Waals surface area contributed by atoms with E-state index in [0.717, 1.165) is 23.0 Å². The van der Waals surface area contributed by atoms with E-state index in [9.17, 15) is 9.59 Å². The van der Waals surface area contributed by atoms with Gasteiger partial charge in [0.2, 0.25) is 11.9 Å². The number of amides is 3. The van der Waals surface area contributed by atoms with E-state index in [4.69, 9.17) is 0 Å². The lowest BCUT2D eigenvalue weighted by molar-refractivity contribution is -0.124. The molecule has 3 aromatic rings. The Morgan fingerprint density at radius 2 is 1.84 bits per heavy atom. The van der Waals surface area contributed by atoms with E-state index < -0.39 is 6.04 Å². The van der Waals surface area contributed by atoms with Gasteiger partial charge in [0.05, 0.1) is 11.0 Å². The standard InChI is InChI=1S/C24H29N5O2/c1-4-17(3)21(22(30)25-15-18-11-9-16(2)10-12-18)27-24(31)29-14-13-28-20-8-6-5-7-19(20)26-23(28)29/h5-12,17,21H,4,13-15H2,1-3H3,(H,25,30)(H,27,31)/t17-,21-/m0/s1. The molecular weight excluding hydrogens is 390 g/mol. The number of benzene rings is 2. The number of rotatable bonds is 6. The molecule has 3 amide bonds. The fourth-order valence-electron chi connectivity index (χ4n) is 3.90. The van der Waals surface area contributed by atoms with Gasteiger partial charge < -0.3 is 15.2 Å². The van der Waals surface area contributed by atoms with Gasteiger partial charge in [-0.2, -0.15) is 0 Å². The molecule has 31 heavy (non-hydrogen) atoms. The highest BCUT2D eigenvalue weighted by atomic mass is 16.2. The summed E-state index contributed by atoms with van der Waals surface area (Å²) in [6, 6.07) is 15.0. The molecule has 162 valence electrons. The van der Waals surface area contributed by atoms with E-state index in [1.807, 2.05) is 73.9 Å². The highest BCUT2D eigenvalue weighted by Crippen LogP contribution is 2.27. The SMILES string of the molecule is CC[C@H](C)[C@H](NC(=O)N1CCn2c1nc1ccccc12)C(=O)NCc1ccc(C)cc1. The van der Waals surface area contributed by atoms with Crippen LogP contribution in [-0.4, -0.2) is 34.1 Å². The topological polar surface area (TPSA) is 79.3 Å². The number of hydrogen-bond acceptors (Lipinski definition) is 3. The van der Waals surface area contributed by atoms with Gasteiger partial charge in [-0.15, -0.1) is 0 Å². The van der Waals surface area contributed by atoms with Crippen molar-refractivity contribution in [2.24, 2.45) is 5.92 Å². The van der Waals surface area contributed by atoms with Crippen molar-refractivity contribution in [1.82, 2.24) is 20.2 Å². The molecule has 4 rings (SSSR count). The minimum absolute atomic E-state index is 0.00314. The Labute approximate surface area is 182 Å². The third kappa shape index (κ3) is 4.26. The number of imidazole rings is 1. The Hall–Kier alpha value is -3.35. The van der Waals surface area contributed by atoms with Crippen molar-refractivity contribution in [3.63, 3.8) is 0 Å². The molecule has 0 unspecified atom stereocenters. The zero-order chi connectivity index (χ0) is 22.0. The van der Waals surface area contributed by atoms with E-state index in [2.05, 4.69) is 15.6 Å². The Morgan fingerprint density at radius 1 is 1.10 bits per heavy atom. The number of aryl methyl sites for hydroxylation is 1. The van der Waals surface area contributed by atoms with Crippen molar-refractivity contribution in [3.8, 4) is 0 Å². The number of para-hydroxylation sites is 2. The molecule has 0 aliphatic carbocycles. The summed E-state index contributed by atoms with van der Waals surface area (Å²) >= 11 is 0. The fraction of sp³-hybridized carbons (Fsp3) is 0.375. The van der Waals surface area contributed by atoms with Crippen LogP contribution in [0.2, 0.25) is 0 Å². The van der Waals surface area contributed by atoms with Crippen molar-refractivity contribution in [2.75, 3.05) is 11.4 Å². The van der Waals surface area contributed by atoms with Gasteiger partial charge in [-0.3, -0.25) is 9.69 Å². The molecule has 2 N–H and O–H groups in total. The highest BCUT2D eigenvalue weighted by Gasteiger charge is 2.32. The number of nitrogens with zero attached hydrogens (tertiary/aromatic N) is 3. The van der Waals surface area contributed by atoms with Gasteiger partial charge >= 0.3 is 6.03 Å². The molecule has 2 aromatic carbocycles. The van der Waals surface area contributed by atoms with Crippen LogP contribution in [0.25, 0.3) is 11.0 Å². The first kappa shape index (κ1) is 20.9. The van der Waals surface area contributed by atoms with Gasteiger partial charge in [0.1, 0.15) is 6.04 Å². The van der Waals surface area contributed by atoms with Crippen LogP contribution >= 0.6 is 0 Å². The normalized spacial score (nSPS) is 14.9. The molecule has 7 heteroatoms. The number of carbonyl (C=O) groups is 2. The largest absolute Gasteiger partial charge is 0.350 e. The average molecular weight is 420 g/mol. The predicted molar refractivity (Wildman–Crippen MR) is 122 cm³/mol. The second-order valence-corrected chi connectivity index (χ2v) is 8.22. The minimum atomic E-state index is -0.610. The molecule has 0 saturated carbocycles. The van der Waals surface area contributed by atoms with Gasteiger partial charge in [0.25, 0.3) is 0 Å². The number of urea groups is 1. The van der Waals surface area contributed by atoms with Crippen molar-refractivity contribution < 1.29 is 9.59 Å². The lowest BCUT2D eigenvalue weighted by atomic mass is 9.98. The van der Waals surface area contributed by atoms with Crippen LogP contribution in [0.3, 0.4) is 0 Å². The summed E-state index contributed by atoms with van der Waals surface area (Å²) in [5.74, 6) is 0.459. The van der Waals surface area contributed by atoms with Gasteiger partial charge in [-0.1, -0.05) is 62.2 Å². The Kier molecular flexibility index (Phi) is 5.93. The van der Waals surface area contributed by atoms with Crippen LogP contribution in [-0.2, 0) is 17.9 Å². The number of aromatic nitrogens is 2. The minimum Gasteiger partial charge on any atom is -0.350 e. The van der Waals surface area contributed by atoms with Crippen LogP contribution in [0.5, 0.6) is 0 Å². The zero-order valence-electron chi connectivity index (χ0n) is 18.3. The summed E-state index contributed by atoms with van der Waals surface area (Å²) < 4.78 is 2.05. The molecular formula is C24H29N5O2. The molecule has 1 aliphatic heterocycles. The van der Waals surface area contributed by atoms with E-state index in [0.29, 0.717) is 25.6 Å². The Bertz CT molecular complexity index is 1090. The molecule has 1 aromatic heterocycles. The summed E-state index contributed by atoms with van der Waals surface area (Å²) in [5.41, 5.74) is 4.09. The van der Waals surface area contributed by atoms with Crippen molar-refractivity contribution in [1.29, 1.82) is 0 Å². The summed E-state index contributed by atoms with van der Waals surface area (Å²) in [6.45, 7) is 7.70. The third-order valence-electron chi connectivity index (χ3n) is 6.03. The lowest BCUT2D eigenvalue weighted by Crippen LogP contribution is -2.53. The van der Waals surface area contributed by atoms with Crippen LogP contribution in [0.1, 0.15) is 31.4 Å². The van der Waals surface area contributed by atoms with Crippen LogP contribution in [0, 0.1) is 12.8 Å². The summed E-state index contributed by atoms with van der Waals surface area (Å²) in [7, 11) is 0. The second kappa shape index (κ2) is 8.79. The zero-order valence-corrected chi connectivity index (χ0v) is 18.3.